The van der Waals surface area contributed by atoms with Gasteiger partial charge < -0.3 is 9.47 Å². The van der Waals surface area contributed by atoms with E-state index in [-0.39, 0.29) is 49.8 Å². The van der Waals surface area contributed by atoms with Crippen LogP contribution in [0.5, 0.6) is 0 Å². The van der Waals surface area contributed by atoms with Gasteiger partial charge in [-0.1, -0.05) is 34.1 Å². The summed E-state index contributed by atoms with van der Waals surface area (Å²) in [5.74, 6) is -0.701. The van der Waals surface area contributed by atoms with Crippen LogP contribution in [0.1, 0.15) is 58.9 Å². The quantitative estimate of drug-likeness (QED) is 0.539. The van der Waals surface area contributed by atoms with Crippen LogP contribution < -0.4 is 0 Å². The SMILES string of the molecule is CC(C)OC(=O)CCC(C#N)(CCC(=O)OC(C)C)c1ccccc1Br. The Morgan fingerprint density at radius 2 is 1.50 bits per heavy atom. The Hall–Kier alpha value is -1.87. The molecule has 0 aliphatic heterocycles. The molecule has 6 heteroatoms. The smallest absolute Gasteiger partial charge is 0.306 e. The number of esters is 2. The molecule has 0 saturated heterocycles. The van der Waals surface area contributed by atoms with Gasteiger partial charge in [0, 0.05) is 17.3 Å². The van der Waals surface area contributed by atoms with Crippen molar-refractivity contribution < 1.29 is 19.1 Å². The fourth-order valence-electron chi connectivity index (χ4n) is 2.69. The van der Waals surface area contributed by atoms with Gasteiger partial charge in [0.15, 0.2) is 0 Å². The van der Waals surface area contributed by atoms with E-state index in [1.807, 2.05) is 24.3 Å². The van der Waals surface area contributed by atoms with Crippen molar-refractivity contribution in [2.45, 2.75) is 71.0 Å². The number of hydrogen-bond donors (Lipinski definition) is 0. The summed E-state index contributed by atoms with van der Waals surface area (Å²) in [5.41, 5.74) is -0.219. The minimum Gasteiger partial charge on any atom is -0.463 e. The van der Waals surface area contributed by atoms with E-state index in [1.54, 1.807) is 27.7 Å². The maximum atomic E-state index is 12.0. The summed E-state index contributed by atoms with van der Waals surface area (Å²) in [4.78, 5) is 24.0. The second-order valence-corrected chi connectivity index (χ2v) is 7.61. The van der Waals surface area contributed by atoms with Crippen LogP contribution in [-0.4, -0.2) is 24.1 Å². The molecule has 1 aromatic carbocycles. The van der Waals surface area contributed by atoms with E-state index in [0.717, 1.165) is 10.0 Å². The van der Waals surface area contributed by atoms with Crippen molar-refractivity contribution in [2.75, 3.05) is 0 Å². The monoisotopic (exact) mass is 423 g/mol. The fourth-order valence-corrected chi connectivity index (χ4v) is 3.35. The highest BCUT2D eigenvalue weighted by Gasteiger charge is 2.35. The first-order valence-electron chi connectivity index (χ1n) is 8.75. The molecule has 0 spiro atoms. The van der Waals surface area contributed by atoms with E-state index in [9.17, 15) is 14.9 Å². The molecule has 0 aliphatic rings. The summed E-state index contributed by atoms with van der Waals surface area (Å²) in [7, 11) is 0. The molecule has 0 N–H and O–H groups in total. The molecule has 5 nitrogen and oxygen atoms in total. The number of benzene rings is 1. The average molecular weight is 424 g/mol. The average Bonchev–Trinajstić information content (AvgIpc) is 2.55. The number of halogens is 1. The Morgan fingerprint density at radius 1 is 1.04 bits per heavy atom. The van der Waals surface area contributed by atoms with Crippen LogP contribution in [0.15, 0.2) is 28.7 Å². The van der Waals surface area contributed by atoms with Gasteiger partial charge in [0.25, 0.3) is 0 Å². The van der Waals surface area contributed by atoms with E-state index < -0.39 is 5.41 Å². The molecule has 0 amide bonds. The lowest BCUT2D eigenvalue weighted by Crippen LogP contribution is -2.28. The summed E-state index contributed by atoms with van der Waals surface area (Å²) >= 11 is 3.48. The number of carbonyl (C=O) groups is 2. The molecule has 0 radical (unpaired) electrons. The standard InChI is InChI=1S/C20H26BrNO4/c1-14(2)25-18(23)9-11-20(13-22,12-10-19(24)26-15(3)4)16-7-5-6-8-17(16)21/h5-8,14-15H,9-12H2,1-4H3. The van der Waals surface area contributed by atoms with E-state index in [1.165, 1.54) is 0 Å². The van der Waals surface area contributed by atoms with Crippen LogP contribution in [0.3, 0.4) is 0 Å². The second kappa shape index (κ2) is 10.3. The van der Waals surface area contributed by atoms with Gasteiger partial charge >= 0.3 is 11.9 Å². The first-order chi connectivity index (χ1) is 12.2. The topological polar surface area (TPSA) is 76.4 Å². The maximum Gasteiger partial charge on any atom is 0.306 e. The van der Waals surface area contributed by atoms with Crippen LogP contribution >= 0.6 is 15.9 Å². The minimum atomic E-state index is -0.980. The maximum absolute atomic E-state index is 12.0. The summed E-state index contributed by atoms with van der Waals surface area (Å²) in [6, 6.07) is 9.73. The van der Waals surface area contributed by atoms with Gasteiger partial charge in [-0.2, -0.15) is 5.26 Å². The second-order valence-electron chi connectivity index (χ2n) is 6.75. The number of carbonyl (C=O) groups excluding carboxylic acids is 2. The van der Waals surface area contributed by atoms with Crippen LogP contribution in [0.4, 0.5) is 0 Å². The summed E-state index contributed by atoms with van der Waals surface area (Å²) in [6.45, 7) is 7.13. The third-order valence-electron chi connectivity index (χ3n) is 3.85. The molecule has 26 heavy (non-hydrogen) atoms. The van der Waals surface area contributed by atoms with E-state index in [4.69, 9.17) is 9.47 Å². The summed E-state index contributed by atoms with van der Waals surface area (Å²) in [6.07, 6.45) is 0.338. The fraction of sp³-hybridized carbons (Fsp3) is 0.550. The molecule has 0 atom stereocenters. The molecule has 0 fully saturated rings. The first kappa shape index (κ1) is 22.2. The Labute approximate surface area is 163 Å². The zero-order chi connectivity index (χ0) is 19.7. The zero-order valence-electron chi connectivity index (χ0n) is 15.8. The number of hydrogen-bond acceptors (Lipinski definition) is 5. The Balaban J connectivity index is 3.03. The zero-order valence-corrected chi connectivity index (χ0v) is 17.3. The molecule has 142 valence electrons. The van der Waals surface area contributed by atoms with Crippen molar-refractivity contribution in [1.82, 2.24) is 0 Å². The predicted molar refractivity (Wildman–Crippen MR) is 102 cm³/mol. The summed E-state index contributed by atoms with van der Waals surface area (Å²) in [5, 5.41) is 9.97. The van der Waals surface area contributed by atoms with Crippen LogP contribution in [0.2, 0.25) is 0 Å². The number of rotatable bonds is 9. The predicted octanol–water partition coefficient (Wildman–Crippen LogP) is 4.67. The van der Waals surface area contributed by atoms with E-state index >= 15 is 0 Å². The third-order valence-corrected chi connectivity index (χ3v) is 4.54. The van der Waals surface area contributed by atoms with E-state index in [0.29, 0.717) is 0 Å². The Kier molecular flexibility index (Phi) is 8.80. The van der Waals surface area contributed by atoms with Crippen molar-refractivity contribution in [3.05, 3.63) is 34.3 Å². The van der Waals surface area contributed by atoms with Crippen LogP contribution in [-0.2, 0) is 24.5 Å². The van der Waals surface area contributed by atoms with Crippen LogP contribution in [0.25, 0.3) is 0 Å². The summed E-state index contributed by atoms with van der Waals surface area (Å²) < 4.78 is 11.1. The van der Waals surface area contributed by atoms with Gasteiger partial charge in [-0.25, -0.2) is 0 Å². The number of ether oxygens (including phenoxy) is 2. The number of nitriles is 1. The van der Waals surface area contributed by atoms with Crippen LogP contribution in [0, 0.1) is 11.3 Å². The third kappa shape index (κ3) is 6.80. The minimum absolute atomic E-state index is 0.103. The van der Waals surface area contributed by atoms with Gasteiger partial charge in [-0.3, -0.25) is 9.59 Å². The highest BCUT2D eigenvalue weighted by molar-refractivity contribution is 9.10. The molecular formula is C20H26BrNO4. The molecule has 0 aromatic heterocycles. The lowest BCUT2D eigenvalue weighted by molar-refractivity contribution is -0.147. The molecule has 0 bridgehead atoms. The molecule has 1 aromatic rings. The van der Waals surface area contributed by atoms with Crippen molar-refractivity contribution >= 4 is 27.9 Å². The van der Waals surface area contributed by atoms with Gasteiger partial charge in [-0.15, -0.1) is 0 Å². The Morgan fingerprint density at radius 3 is 1.88 bits per heavy atom. The van der Waals surface area contributed by atoms with Gasteiger partial charge in [0.2, 0.25) is 0 Å². The lowest BCUT2D eigenvalue weighted by Gasteiger charge is -2.28. The molecule has 0 saturated carbocycles. The largest absolute Gasteiger partial charge is 0.463 e. The molecule has 0 heterocycles. The van der Waals surface area contributed by atoms with Crippen molar-refractivity contribution in [3.63, 3.8) is 0 Å². The Bertz CT molecular complexity index is 638. The lowest BCUT2D eigenvalue weighted by atomic mass is 9.74. The van der Waals surface area contributed by atoms with E-state index in [2.05, 4.69) is 22.0 Å². The molecule has 0 aliphatic carbocycles. The first-order valence-corrected chi connectivity index (χ1v) is 9.54. The van der Waals surface area contributed by atoms with Gasteiger partial charge in [0.05, 0.1) is 23.7 Å². The van der Waals surface area contributed by atoms with Gasteiger partial charge in [-0.05, 0) is 52.2 Å². The molecule has 1 rings (SSSR count). The number of nitrogens with zero attached hydrogens (tertiary/aromatic N) is 1. The van der Waals surface area contributed by atoms with Gasteiger partial charge in [0.1, 0.15) is 0 Å². The molecule has 0 unspecified atom stereocenters. The highest BCUT2D eigenvalue weighted by Crippen LogP contribution is 2.38. The van der Waals surface area contributed by atoms with Crippen molar-refractivity contribution in [3.8, 4) is 6.07 Å². The highest BCUT2D eigenvalue weighted by atomic mass is 79.9. The van der Waals surface area contributed by atoms with Crippen molar-refractivity contribution in [1.29, 1.82) is 5.26 Å². The van der Waals surface area contributed by atoms with Crippen molar-refractivity contribution in [2.24, 2.45) is 0 Å². The normalized spacial score (nSPS) is 11.3. The molecular weight excluding hydrogens is 398 g/mol.